The molecule has 0 spiro atoms. The monoisotopic (exact) mass is 363 g/mol. The second-order valence-electron chi connectivity index (χ2n) is 6.03. The first-order valence-electron chi connectivity index (χ1n) is 8.73. The topological polar surface area (TPSA) is 73.2 Å². The zero-order valence-corrected chi connectivity index (χ0v) is 15.3. The van der Waals surface area contributed by atoms with Crippen LogP contribution in [0.3, 0.4) is 0 Å². The van der Waals surface area contributed by atoms with Crippen LogP contribution in [0, 0.1) is 6.92 Å². The van der Waals surface area contributed by atoms with Gasteiger partial charge < -0.3 is 10.1 Å². The number of ether oxygens (including phenoxy) is 1. The van der Waals surface area contributed by atoms with Crippen LogP contribution in [-0.4, -0.2) is 22.3 Å². The Bertz CT molecular complexity index is 994. The van der Waals surface area contributed by atoms with Gasteiger partial charge in [0.15, 0.2) is 0 Å². The molecule has 1 N–H and O–H groups in total. The van der Waals surface area contributed by atoms with Crippen LogP contribution in [0.4, 0.5) is 5.69 Å². The largest absolute Gasteiger partial charge is 0.494 e. The maximum Gasteiger partial charge on any atom is 0.267 e. The van der Waals surface area contributed by atoms with Crippen LogP contribution in [0.15, 0.2) is 65.5 Å². The highest BCUT2D eigenvalue weighted by atomic mass is 16.5. The highest BCUT2D eigenvalue weighted by molar-refractivity contribution is 5.91. The third-order valence-corrected chi connectivity index (χ3v) is 4.04. The first-order chi connectivity index (χ1) is 13.1. The van der Waals surface area contributed by atoms with Crippen molar-refractivity contribution in [1.29, 1.82) is 0 Å². The van der Waals surface area contributed by atoms with Gasteiger partial charge in [0.05, 0.1) is 12.3 Å². The Kier molecular flexibility index (Phi) is 5.66. The minimum atomic E-state index is -0.329. The van der Waals surface area contributed by atoms with Crippen molar-refractivity contribution in [3.05, 3.63) is 76.6 Å². The Balaban J connectivity index is 1.78. The van der Waals surface area contributed by atoms with Crippen molar-refractivity contribution in [2.45, 2.75) is 20.4 Å². The molecule has 3 rings (SSSR count). The van der Waals surface area contributed by atoms with Crippen molar-refractivity contribution in [2.24, 2.45) is 0 Å². The Morgan fingerprint density at radius 2 is 1.81 bits per heavy atom. The zero-order chi connectivity index (χ0) is 19.2. The van der Waals surface area contributed by atoms with Crippen LogP contribution in [-0.2, 0) is 11.3 Å². The quantitative estimate of drug-likeness (QED) is 0.730. The number of aryl methyl sites for hydroxylation is 1. The predicted octanol–water partition coefficient (Wildman–Crippen LogP) is 3.26. The molecule has 1 aromatic heterocycles. The van der Waals surface area contributed by atoms with Gasteiger partial charge in [-0.3, -0.25) is 9.59 Å². The minimum Gasteiger partial charge on any atom is -0.494 e. The Labute approximate surface area is 157 Å². The molecule has 27 heavy (non-hydrogen) atoms. The molecule has 0 unspecified atom stereocenters. The van der Waals surface area contributed by atoms with Crippen LogP contribution in [0.1, 0.15) is 12.5 Å². The molecule has 0 saturated carbocycles. The standard InChI is InChI=1S/C21H21N3O3/c1-3-27-17-10-8-16(9-11-17)19-12-13-21(26)24(23-19)14-20(25)22-18-7-5-4-6-15(18)2/h4-13H,3,14H2,1-2H3,(H,22,25). The van der Waals surface area contributed by atoms with E-state index < -0.39 is 0 Å². The molecule has 2 aromatic carbocycles. The summed E-state index contributed by atoms with van der Waals surface area (Å²) in [5.74, 6) is 0.468. The van der Waals surface area contributed by atoms with E-state index >= 15 is 0 Å². The van der Waals surface area contributed by atoms with Gasteiger partial charge in [0.1, 0.15) is 12.3 Å². The van der Waals surface area contributed by atoms with Crippen LogP contribution in [0.25, 0.3) is 11.3 Å². The molecule has 0 fully saturated rings. The molecule has 1 heterocycles. The number of rotatable bonds is 6. The molecule has 1 amide bonds. The van der Waals surface area contributed by atoms with Crippen molar-refractivity contribution in [3.63, 3.8) is 0 Å². The number of carbonyl (C=O) groups is 1. The smallest absolute Gasteiger partial charge is 0.267 e. The fraction of sp³-hybridized carbons (Fsp3) is 0.190. The Hall–Kier alpha value is -3.41. The van der Waals surface area contributed by atoms with Crippen molar-refractivity contribution >= 4 is 11.6 Å². The number of amides is 1. The van der Waals surface area contributed by atoms with Crippen LogP contribution < -0.4 is 15.6 Å². The number of hydrogen-bond donors (Lipinski definition) is 1. The summed E-state index contributed by atoms with van der Waals surface area (Å²) in [4.78, 5) is 24.4. The minimum absolute atomic E-state index is 0.155. The van der Waals surface area contributed by atoms with Gasteiger partial charge in [0, 0.05) is 17.3 Å². The van der Waals surface area contributed by atoms with Crippen LogP contribution in [0.2, 0.25) is 0 Å². The maximum atomic E-state index is 12.3. The molecular weight excluding hydrogens is 342 g/mol. The number of carbonyl (C=O) groups excluding carboxylic acids is 1. The van der Waals surface area contributed by atoms with E-state index in [9.17, 15) is 9.59 Å². The molecule has 6 nitrogen and oxygen atoms in total. The highest BCUT2D eigenvalue weighted by Crippen LogP contribution is 2.20. The Morgan fingerprint density at radius 1 is 1.07 bits per heavy atom. The molecule has 0 radical (unpaired) electrons. The predicted molar refractivity (Wildman–Crippen MR) is 105 cm³/mol. The summed E-state index contributed by atoms with van der Waals surface area (Å²) < 4.78 is 6.60. The average molecular weight is 363 g/mol. The normalized spacial score (nSPS) is 10.4. The number of nitrogens with one attached hydrogen (secondary N) is 1. The number of nitrogens with zero attached hydrogens (tertiary/aromatic N) is 2. The van der Waals surface area contributed by atoms with Gasteiger partial charge >= 0.3 is 0 Å². The van der Waals surface area contributed by atoms with Crippen molar-refractivity contribution in [2.75, 3.05) is 11.9 Å². The fourth-order valence-corrected chi connectivity index (χ4v) is 2.64. The molecule has 0 aliphatic heterocycles. The summed E-state index contributed by atoms with van der Waals surface area (Å²) in [6.45, 7) is 4.27. The molecule has 3 aromatic rings. The Morgan fingerprint density at radius 3 is 2.52 bits per heavy atom. The lowest BCUT2D eigenvalue weighted by Gasteiger charge is -2.10. The highest BCUT2D eigenvalue weighted by Gasteiger charge is 2.09. The summed E-state index contributed by atoms with van der Waals surface area (Å²) >= 11 is 0. The summed E-state index contributed by atoms with van der Waals surface area (Å²) in [6, 6.07) is 18.0. The molecule has 6 heteroatoms. The lowest BCUT2D eigenvalue weighted by molar-refractivity contribution is -0.117. The SMILES string of the molecule is CCOc1ccc(-c2ccc(=O)n(CC(=O)Nc3ccccc3C)n2)cc1. The van der Waals surface area contributed by atoms with Gasteiger partial charge in [-0.05, 0) is 55.8 Å². The summed E-state index contributed by atoms with van der Waals surface area (Å²) in [6.07, 6.45) is 0. The summed E-state index contributed by atoms with van der Waals surface area (Å²) in [5, 5.41) is 7.14. The van der Waals surface area contributed by atoms with Gasteiger partial charge in [-0.15, -0.1) is 0 Å². The van der Waals surface area contributed by atoms with E-state index in [-0.39, 0.29) is 18.0 Å². The first-order valence-corrected chi connectivity index (χ1v) is 8.73. The van der Waals surface area contributed by atoms with Crippen LogP contribution >= 0.6 is 0 Å². The number of para-hydroxylation sites is 1. The molecule has 0 atom stereocenters. The molecule has 0 aliphatic carbocycles. The third-order valence-electron chi connectivity index (χ3n) is 4.04. The second kappa shape index (κ2) is 8.31. The number of anilines is 1. The van der Waals surface area contributed by atoms with Gasteiger partial charge in [-0.1, -0.05) is 18.2 Å². The van der Waals surface area contributed by atoms with E-state index in [1.54, 1.807) is 6.07 Å². The summed E-state index contributed by atoms with van der Waals surface area (Å²) in [5.41, 5.74) is 2.80. The zero-order valence-electron chi connectivity index (χ0n) is 15.3. The molecule has 0 aliphatic rings. The van der Waals surface area contributed by atoms with Gasteiger partial charge in [-0.2, -0.15) is 5.10 Å². The first kappa shape index (κ1) is 18.4. The van der Waals surface area contributed by atoms with E-state index in [1.165, 1.54) is 10.7 Å². The summed E-state index contributed by atoms with van der Waals surface area (Å²) in [7, 11) is 0. The van der Waals surface area contributed by atoms with E-state index in [1.807, 2.05) is 62.4 Å². The van der Waals surface area contributed by atoms with Crippen LogP contribution in [0.5, 0.6) is 5.75 Å². The van der Waals surface area contributed by atoms with E-state index in [2.05, 4.69) is 10.4 Å². The van der Waals surface area contributed by atoms with Gasteiger partial charge in [0.25, 0.3) is 5.56 Å². The second-order valence-corrected chi connectivity index (χ2v) is 6.03. The van der Waals surface area contributed by atoms with E-state index in [0.717, 1.165) is 22.6 Å². The van der Waals surface area contributed by atoms with E-state index in [0.29, 0.717) is 12.3 Å². The fourth-order valence-electron chi connectivity index (χ4n) is 2.64. The lowest BCUT2D eigenvalue weighted by atomic mass is 10.1. The molecular formula is C21H21N3O3. The average Bonchev–Trinajstić information content (AvgIpc) is 2.66. The van der Waals surface area contributed by atoms with Gasteiger partial charge in [0.2, 0.25) is 5.91 Å². The lowest BCUT2D eigenvalue weighted by Crippen LogP contribution is -2.29. The molecule has 0 saturated heterocycles. The third kappa shape index (κ3) is 4.61. The number of hydrogen-bond acceptors (Lipinski definition) is 4. The van der Waals surface area contributed by atoms with Crippen molar-refractivity contribution in [1.82, 2.24) is 9.78 Å². The molecule has 0 bridgehead atoms. The number of aromatic nitrogens is 2. The maximum absolute atomic E-state index is 12.3. The van der Waals surface area contributed by atoms with E-state index in [4.69, 9.17) is 4.74 Å². The molecule has 138 valence electrons. The number of benzene rings is 2. The van der Waals surface area contributed by atoms with Crippen molar-refractivity contribution in [3.8, 4) is 17.0 Å². The van der Waals surface area contributed by atoms with Gasteiger partial charge in [-0.25, -0.2) is 4.68 Å². The van der Waals surface area contributed by atoms with Crippen molar-refractivity contribution < 1.29 is 9.53 Å².